The van der Waals surface area contributed by atoms with Gasteiger partial charge in [-0.25, -0.2) is 0 Å². The van der Waals surface area contributed by atoms with Crippen molar-refractivity contribution in [2.45, 2.75) is 19.0 Å². The number of ether oxygens (including phenoxy) is 1. The number of para-hydroxylation sites is 1. The molecule has 7 heteroatoms. The number of carbonyl (C=O) groups excluding carboxylic acids is 2. The molecule has 0 spiro atoms. The molecule has 3 N–H and O–H groups in total. The smallest absolute Gasteiger partial charge is 0.252 e. The molecule has 1 aromatic heterocycles. The van der Waals surface area contributed by atoms with E-state index in [1.165, 1.54) is 18.1 Å². The molecule has 29 heavy (non-hydrogen) atoms. The summed E-state index contributed by atoms with van der Waals surface area (Å²) in [6.45, 7) is 0.498. The summed E-state index contributed by atoms with van der Waals surface area (Å²) in [7, 11) is 1.52. The highest BCUT2D eigenvalue weighted by molar-refractivity contribution is 5.98. The number of H-pyrrole nitrogens is 1. The lowest BCUT2D eigenvalue weighted by Gasteiger charge is -2.30. The predicted molar refractivity (Wildman–Crippen MR) is 109 cm³/mol. The number of rotatable bonds is 5. The molecule has 2 amide bonds. The van der Waals surface area contributed by atoms with Gasteiger partial charge in [0.25, 0.3) is 5.91 Å². The maximum atomic E-state index is 13.0. The normalized spacial score (nSPS) is 14.3. The van der Waals surface area contributed by atoms with E-state index in [1.54, 1.807) is 29.2 Å². The van der Waals surface area contributed by atoms with Gasteiger partial charge < -0.3 is 25.0 Å². The Morgan fingerprint density at radius 3 is 2.86 bits per heavy atom. The molecule has 0 saturated heterocycles. The van der Waals surface area contributed by atoms with Crippen LogP contribution in [-0.2, 0) is 17.8 Å². The molecule has 1 aliphatic rings. The van der Waals surface area contributed by atoms with E-state index in [-0.39, 0.29) is 5.91 Å². The largest absolute Gasteiger partial charge is 0.497 e. The highest BCUT2D eigenvalue weighted by atomic mass is 16.5. The zero-order chi connectivity index (χ0) is 20.4. The first-order chi connectivity index (χ1) is 14.1. The van der Waals surface area contributed by atoms with Gasteiger partial charge in [-0.3, -0.25) is 9.59 Å². The van der Waals surface area contributed by atoms with Gasteiger partial charge in [-0.05, 0) is 36.2 Å². The standard InChI is InChI=1S/C22H23N3O4/c1-29-15-6-4-5-14(11-15)21(27)24-20(13-26)22(28)25-10-9-17-16-7-2-3-8-18(16)23-19(17)12-25/h2-8,11,20,23,26H,9-10,12-13H2,1H3,(H,24,27). The third-order valence-corrected chi connectivity index (χ3v) is 5.31. The first-order valence-corrected chi connectivity index (χ1v) is 9.53. The molecular formula is C22H23N3O4. The van der Waals surface area contributed by atoms with E-state index in [4.69, 9.17) is 4.74 Å². The number of hydrogen-bond acceptors (Lipinski definition) is 4. The second kappa shape index (κ2) is 7.97. The van der Waals surface area contributed by atoms with E-state index in [9.17, 15) is 14.7 Å². The first-order valence-electron chi connectivity index (χ1n) is 9.53. The minimum atomic E-state index is -1.00. The zero-order valence-corrected chi connectivity index (χ0v) is 16.1. The zero-order valence-electron chi connectivity index (χ0n) is 16.1. The maximum Gasteiger partial charge on any atom is 0.252 e. The van der Waals surface area contributed by atoms with Crippen LogP contribution in [0.5, 0.6) is 5.75 Å². The second-order valence-corrected chi connectivity index (χ2v) is 7.08. The van der Waals surface area contributed by atoms with Gasteiger partial charge in [0, 0.05) is 28.7 Å². The molecule has 0 bridgehead atoms. The van der Waals surface area contributed by atoms with Crippen LogP contribution in [0.15, 0.2) is 48.5 Å². The Balaban J connectivity index is 1.48. The number of aliphatic hydroxyl groups excluding tert-OH is 1. The Labute approximate surface area is 168 Å². The number of methoxy groups -OCH3 is 1. The summed E-state index contributed by atoms with van der Waals surface area (Å²) in [5.74, 6) is -0.181. The molecule has 0 radical (unpaired) electrons. The van der Waals surface area contributed by atoms with Crippen LogP contribution in [0.2, 0.25) is 0 Å². The van der Waals surface area contributed by atoms with E-state index in [2.05, 4.69) is 16.4 Å². The molecule has 3 aromatic rings. The minimum Gasteiger partial charge on any atom is -0.497 e. The minimum absolute atomic E-state index is 0.298. The topological polar surface area (TPSA) is 94.7 Å². The molecule has 4 rings (SSSR count). The van der Waals surface area contributed by atoms with Crippen molar-refractivity contribution in [1.82, 2.24) is 15.2 Å². The van der Waals surface area contributed by atoms with Crippen molar-refractivity contribution in [2.24, 2.45) is 0 Å². The van der Waals surface area contributed by atoms with Gasteiger partial charge in [0.15, 0.2) is 0 Å². The van der Waals surface area contributed by atoms with Crippen molar-refractivity contribution in [3.8, 4) is 5.75 Å². The van der Waals surface area contributed by atoms with Gasteiger partial charge in [0.2, 0.25) is 5.91 Å². The van der Waals surface area contributed by atoms with Crippen LogP contribution in [0.3, 0.4) is 0 Å². The molecule has 1 atom stereocenters. The van der Waals surface area contributed by atoms with E-state index in [0.29, 0.717) is 24.4 Å². The van der Waals surface area contributed by atoms with Gasteiger partial charge in [0.1, 0.15) is 11.8 Å². The van der Waals surface area contributed by atoms with E-state index < -0.39 is 18.6 Å². The summed E-state index contributed by atoms with van der Waals surface area (Å²) in [5.41, 5.74) is 3.65. The van der Waals surface area contributed by atoms with Gasteiger partial charge in [0.05, 0.1) is 20.3 Å². The number of benzene rings is 2. The molecule has 150 valence electrons. The van der Waals surface area contributed by atoms with E-state index >= 15 is 0 Å². The summed E-state index contributed by atoms with van der Waals surface area (Å²) in [4.78, 5) is 30.5. The molecule has 0 fully saturated rings. The number of aliphatic hydroxyl groups is 1. The summed E-state index contributed by atoms with van der Waals surface area (Å²) in [6.07, 6.45) is 0.729. The van der Waals surface area contributed by atoms with Crippen molar-refractivity contribution in [1.29, 1.82) is 0 Å². The summed E-state index contributed by atoms with van der Waals surface area (Å²) >= 11 is 0. The Morgan fingerprint density at radius 1 is 1.24 bits per heavy atom. The fraction of sp³-hybridized carbons (Fsp3) is 0.273. The van der Waals surface area contributed by atoms with Gasteiger partial charge in [-0.15, -0.1) is 0 Å². The van der Waals surface area contributed by atoms with Crippen LogP contribution in [0.1, 0.15) is 21.6 Å². The van der Waals surface area contributed by atoms with Gasteiger partial charge in [-0.1, -0.05) is 24.3 Å². The number of carbonyl (C=O) groups is 2. The number of amides is 2. The maximum absolute atomic E-state index is 13.0. The average Bonchev–Trinajstić information content (AvgIpc) is 3.14. The molecule has 1 unspecified atom stereocenters. The highest BCUT2D eigenvalue weighted by Crippen LogP contribution is 2.27. The molecule has 2 heterocycles. The number of aromatic amines is 1. The molecule has 2 aromatic carbocycles. The fourth-order valence-electron chi connectivity index (χ4n) is 3.79. The number of hydrogen-bond donors (Lipinski definition) is 3. The molecule has 1 aliphatic heterocycles. The quantitative estimate of drug-likeness (QED) is 0.617. The second-order valence-electron chi connectivity index (χ2n) is 7.08. The molecular weight excluding hydrogens is 370 g/mol. The van der Waals surface area contributed by atoms with Gasteiger partial charge in [-0.2, -0.15) is 0 Å². The van der Waals surface area contributed by atoms with Crippen LogP contribution in [0.4, 0.5) is 0 Å². The summed E-state index contributed by atoms with van der Waals surface area (Å²) in [5, 5.41) is 13.6. The third kappa shape index (κ3) is 3.69. The summed E-state index contributed by atoms with van der Waals surface area (Å²) in [6, 6.07) is 13.7. The lowest BCUT2D eigenvalue weighted by atomic mass is 10.0. The van der Waals surface area contributed by atoms with Crippen LogP contribution < -0.4 is 10.1 Å². The Morgan fingerprint density at radius 2 is 2.07 bits per heavy atom. The third-order valence-electron chi connectivity index (χ3n) is 5.31. The molecule has 0 aliphatic carbocycles. The monoisotopic (exact) mass is 393 g/mol. The van der Waals surface area contributed by atoms with Crippen LogP contribution in [0.25, 0.3) is 10.9 Å². The molecule has 7 nitrogen and oxygen atoms in total. The number of nitrogens with zero attached hydrogens (tertiary/aromatic N) is 1. The average molecular weight is 393 g/mol. The Bertz CT molecular complexity index is 1060. The Kier molecular flexibility index (Phi) is 5.22. The number of aromatic nitrogens is 1. The van der Waals surface area contributed by atoms with Crippen molar-refractivity contribution >= 4 is 22.7 Å². The summed E-state index contributed by atoms with van der Waals surface area (Å²) < 4.78 is 5.13. The fourth-order valence-corrected chi connectivity index (χ4v) is 3.79. The van der Waals surface area contributed by atoms with Crippen molar-refractivity contribution in [2.75, 3.05) is 20.3 Å². The van der Waals surface area contributed by atoms with E-state index in [1.807, 2.05) is 18.2 Å². The first kappa shape index (κ1) is 19.0. The van der Waals surface area contributed by atoms with Crippen LogP contribution in [-0.4, -0.2) is 53.1 Å². The van der Waals surface area contributed by atoms with Crippen molar-refractivity contribution in [3.63, 3.8) is 0 Å². The highest BCUT2D eigenvalue weighted by Gasteiger charge is 2.29. The van der Waals surface area contributed by atoms with E-state index in [0.717, 1.165) is 17.6 Å². The number of fused-ring (bicyclic) bond motifs is 3. The Hall–Kier alpha value is -3.32. The predicted octanol–water partition coefficient (Wildman–Crippen LogP) is 1.85. The van der Waals surface area contributed by atoms with Crippen LogP contribution in [0, 0.1) is 0 Å². The lowest BCUT2D eigenvalue weighted by molar-refractivity contribution is -0.135. The van der Waals surface area contributed by atoms with Crippen LogP contribution >= 0.6 is 0 Å². The van der Waals surface area contributed by atoms with Gasteiger partial charge >= 0.3 is 0 Å². The number of nitrogens with one attached hydrogen (secondary N) is 2. The molecule has 0 saturated carbocycles. The SMILES string of the molecule is COc1cccc(C(=O)NC(CO)C(=O)N2CCc3c([nH]c4ccccc34)C2)c1. The lowest BCUT2D eigenvalue weighted by Crippen LogP contribution is -2.51. The van der Waals surface area contributed by atoms with Crippen molar-refractivity contribution in [3.05, 3.63) is 65.4 Å². The van der Waals surface area contributed by atoms with Crippen molar-refractivity contribution < 1.29 is 19.4 Å².